The van der Waals surface area contributed by atoms with Crippen molar-refractivity contribution in [2.24, 2.45) is 0 Å². The number of ether oxygens (including phenoxy) is 1. The smallest absolute Gasteiger partial charge is 0.410 e. The van der Waals surface area contributed by atoms with E-state index in [2.05, 4.69) is 17.9 Å². The van der Waals surface area contributed by atoms with Gasteiger partial charge in [-0.25, -0.2) is 4.79 Å². The highest BCUT2D eigenvalue weighted by Crippen LogP contribution is 2.40. The van der Waals surface area contributed by atoms with Crippen LogP contribution in [0.1, 0.15) is 57.2 Å². The van der Waals surface area contributed by atoms with Crippen LogP contribution in [0.4, 0.5) is 10.5 Å². The van der Waals surface area contributed by atoms with Crippen molar-refractivity contribution in [3.63, 3.8) is 0 Å². The molecule has 0 N–H and O–H groups in total. The maximum absolute atomic E-state index is 12.5. The molecule has 2 heterocycles. The maximum Gasteiger partial charge on any atom is 0.410 e. The zero-order valence-electron chi connectivity index (χ0n) is 17.6. The molecular formula is C22H33ClN2O3. The molecule has 0 aromatic heterocycles. The number of rotatable bonds is 2. The quantitative estimate of drug-likeness (QED) is 0.714. The van der Waals surface area contributed by atoms with Crippen molar-refractivity contribution >= 4 is 30.2 Å². The van der Waals surface area contributed by atoms with Crippen molar-refractivity contribution in [1.82, 2.24) is 4.90 Å². The molecule has 0 atom stereocenters. The van der Waals surface area contributed by atoms with Crippen molar-refractivity contribution < 1.29 is 14.3 Å². The Morgan fingerprint density at radius 2 is 1.82 bits per heavy atom. The van der Waals surface area contributed by atoms with Gasteiger partial charge in [0.2, 0.25) is 0 Å². The molecule has 0 bridgehead atoms. The average Bonchev–Trinajstić information content (AvgIpc) is 2.85. The Hall–Kier alpha value is -1.75. The van der Waals surface area contributed by atoms with Crippen molar-refractivity contribution in [1.29, 1.82) is 0 Å². The van der Waals surface area contributed by atoms with Gasteiger partial charge in [0.05, 0.1) is 10.7 Å². The van der Waals surface area contributed by atoms with Gasteiger partial charge in [0.25, 0.3) is 0 Å². The largest absolute Gasteiger partial charge is 0.444 e. The van der Waals surface area contributed by atoms with Crippen molar-refractivity contribution in [3.05, 3.63) is 27.8 Å². The summed E-state index contributed by atoms with van der Waals surface area (Å²) in [5, 5.41) is 0.914. The number of halogens is 1. The minimum Gasteiger partial charge on any atom is -0.444 e. The van der Waals surface area contributed by atoms with E-state index in [9.17, 15) is 4.79 Å². The van der Waals surface area contributed by atoms with Gasteiger partial charge >= 0.3 is 6.09 Å². The molecule has 2 aliphatic heterocycles. The number of fused-ring (bicyclic) bond motifs is 2. The zero-order chi connectivity index (χ0) is 20.9. The number of hydrogen-bond acceptors (Lipinski definition) is 4. The molecule has 0 saturated carbocycles. The summed E-state index contributed by atoms with van der Waals surface area (Å²) in [6.07, 6.45) is 4.82. The Balaban J connectivity index is 0.00000136. The van der Waals surface area contributed by atoms with E-state index in [4.69, 9.17) is 21.1 Å². The Morgan fingerprint density at radius 1 is 1.14 bits per heavy atom. The molecule has 0 unspecified atom stereocenters. The summed E-state index contributed by atoms with van der Waals surface area (Å²) in [6.45, 7) is 13.4. The van der Waals surface area contributed by atoms with Gasteiger partial charge in [-0.2, -0.15) is 0 Å². The number of carbonyl (C=O) groups is 2. The predicted molar refractivity (Wildman–Crippen MR) is 115 cm³/mol. The van der Waals surface area contributed by atoms with Gasteiger partial charge in [-0.15, -0.1) is 0 Å². The molecule has 1 amide bonds. The van der Waals surface area contributed by atoms with Gasteiger partial charge in [-0.05, 0) is 69.6 Å². The summed E-state index contributed by atoms with van der Waals surface area (Å²) in [6, 6.07) is 2.34. The van der Waals surface area contributed by atoms with Crippen LogP contribution in [0, 0.1) is 0 Å². The molecule has 0 aliphatic carbocycles. The standard InChI is InChI=1S/C21H31ClN2O2.CH2O/c1-5-10-23-11-6-7-16-14-15-8-12-24(20(25)26-21(2,3)4)13-9-17(15)18(22)19(16)23;1-2/h14H,5-13H2,1-4H3;1H2. The number of carbonyl (C=O) groups excluding carboxylic acids is 2. The molecule has 1 aromatic rings. The Kier molecular flexibility index (Phi) is 7.76. The van der Waals surface area contributed by atoms with Crippen LogP contribution < -0.4 is 4.90 Å². The minimum absolute atomic E-state index is 0.223. The SMILES string of the molecule is C=O.CCCN1CCCc2cc3c(c(Cl)c21)CCN(C(=O)OC(C)(C)C)CC3. The molecule has 0 saturated heterocycles. The average molecular weight is 409 g/mol. The highest BCUT2D eigenvalue weighted by atomic mass is 35.5. The number of benzene rings is 1. The molecule has 0 fully saturated rings. The van der Waals surface area contributed by atoms with Crippen LogP contribution in [0.3, 0.4) is 0 Å². The molecule has 3 rings (SSSR count). The number of hydrogen-bond donors (Lipinski definition) is 0. The topological polar surface area (TPSA) is 49.9 Å². The van der Waals surface area contributed by atoms with Crippen LogP contribution >= 0.6 is 11.6 Å². The summed E-state index contributed by atoms with van der Waals surface area (Å²) in [4.78, 5) is 24.7. The number of anilines is 1. The fourth-order valence-corrected chi connectivity index (χ4v) is 4.46. The third-order valence-electron chi connectivity index (χ3n) is 5.13. The highest BCUT2D eigenvalue weighted by molar-refractivity contribution is 6.34. The lowest BCUT2D eigenvalue weighted by Crippen LogP contribution is -2.38. The highest BCUT2D eigenvalue weighted by Gasteiger charge is 2.28. The van der Waals surface area contributed by atoms with Gasteiger partial charge in [0.1, 0.15) is 12.4 Å². The van der Waals surface area contributed by atoms with Crippen molar-refractivity contribution in [3.8, 4) is 0 Å². The number of aryl methyl sites for hydroxylation is 1. The van der Waals surface area contributed by atoms with E-state index in [0.717, 1.165) is 43.8 Å². The zero-order valence-corrected chi connectivity index (χ0v) is 18.4. The van der Waals surface area contributed by atoms with E-state index in [1.807, 2.05) is 32.5 Å². The molecule has 5 nitrogen and oxygen atoms in total. The first-order chi connectivity index (χ1) is 13.3. The van der Waals surface area contributed by atoms with Crippen LogP contribution in [0.2, 0.25) is 5.02 Å². The third-order valence-corrected chi connectivity index (χ3v) is 5.54. The summed E-state index contributed by atoms with van der Waals surface area (Å²) in [5.74, 6) is 0. The van der Waals surface area contributed by atoms with Gasteiger partial charge in [-0.3, -0.25) is 0 Å². The lowest BCUT2D eigenvalue weighted by molar-refractivity contribution is -0.0980. The lowest BCUT2D eigenvalue weighted by atomic mass is 9.93. The van der Waals surface area contributed by atoms with Gasteiger partial charge in [-0.1, -0.05) is 24.6 Å². The van der Waals surface area contributed by atoms with E-state index in [1.165, 1.54) is 28.8 Å². The van der Waals surface area contributed by atoms with Crippen LogP contribution in [0.25, 0.3) is 0 Å². The van der Waals surface area contributed by atoms with Crippen LogP contribution in [0.5, 0.6) is 0 Å². The van der Waals surface area contributed by atoms with E-state index in [1.54, 1.807) is 0 Å². The van der Waals surface area contributed by atoms with E-state index in [0.29, 0.717) is 13.1 Å². The fraction of sp³-hybridized carbons (Fsp3) is 0.636. The summed E-state index contributed by atoms with van der Waals surface area (Å²) >= 11 is 6.91. The van der Waals surface area contributed by atoms with Crippen LogP contribution in [-0.4, -0.2) is 49.6 Å². The molecule has 28 heavy (non-hydrogen) atoms. The molecule has 156 valence electrons. The predicted octanol–water partition coefficient (Wildman–Crippen LogP) is 4.65. The second-order valence-corrected chi connectivity index (χ2v) is 8.77. The molecule has 6 heteroatoms. The van der Waals surface area contributed by atoms with E-state index < -0.39 is 5.60 Å². The van der Waals surface area contributed by atoms with E-state index >= 15 is 0 Å². The molecular weight excluding hydrogens is 376 g/mol. The summed E-state index contributed by atoms with van der Waals surface area (Å²) in [5.41, 5.74) is 4.68. The van der Waals surface area contributed by atoms with Crippen LogP contribution in [-0.2, 0) is 28.8 Å². The fourth-order valence-electron chi connectivity index (χ4n) is 4.01. The summed E-state index contributed by atoms with van der Waals surface area (Å²) < 4.78 is 5.56. The second-order valence-electron chi connectivity index (χ2n) is 8.39. The number of nitrogens with zero attached hydrogens (tertiary/aromatic N) is 2. The Bertz CT molecular complexity index is 700. The van der Waals surface area contributed by atoms with Crippen molar-refractivity contribution in [2.45, 2.75) is 65.4 Å². The Morgan fingerprint density at radius 3 is 2.46 bits per heavy atom. The van der Waals surface area contributed by atoms with Crippen molar-refractivity contribution in [2.75, 3.05) is 31.1 Å². The summed E-state index contributed by atoms with van der Waals surface area (Å²) in [7, 11) is 0. The normalized spacial score (nSPS) is 16.3. The molecule has 0 radical (unpaired) electrons. The van der Waals surface area contributed by atoms with Gasteiger partial charge in [0, 0.05) is 26.2 Å². The third kappa shape index (κ3) is 5.19. The second kappa shape index (κ2) is 9.64. The lowest BCUT2D eigenvalue weighted by Gasteiger charge is -2.33. The maximum atomic E-state index is 12.5. The first kappa shape index (κ1) is 22.5. The monoisotopic (exact) mass is 408 g/mol. The van der Waals surface area contributed by atoms with Gasteiger partial charge < -0.3 is 19.3 Å². The van der Waals surface area contributed by atoms with Crippen LogP contribution in [0.15, 0.2) is 6.07 Å². The molecule has 2 aliphatic rings. The Labute approximate surface area is 174 Å². The first-order valence-electron chi connectivity index (χ1n) is 10.1. The number of amides is 1. The minimum atomic E-state index is -0.465. The molecule has 0 spiro atoms. The van der Waals surface area contributed by atoms with E-state index in [-0.39, 0.29) is 6.09 Å². The first-order valence-corrected chi connectivity index (χ1v) is 10.5. The van der Waals surface area contributed by atoms with Gasteiger partial charge in [0.15, 0.2) is 0 Å². The molecule has 1 aromatic carbocycles.